The number of benzene rings is 2. The predicted molar refractivity (Wildman–Crippen MR) is 73.5 cm³/mol. The first-order chi connectivity index (χ1) is 8.95. The van der Waals surface area contributed by atoms with Crippen molar-refractivity contribution in [3.63, 3.8) is 0 Å². The van der Waals surface area contributed by atoms with Gasteiger partial charge in [0.25, 0.3) is 0 Å². The molecule has 0 radical (unpaired) electrons. The Morgan fingerprint density at radius 2 is 1.39 bits per heavy atom. The quantitative estimate of drug-likeness (QED) is 0.713. The molecule has 1 heteroatoms. The number of hydrogen-bond donors (Lipinski definition) is 0. The molecule has 2 atom stereocenters. The van der Waals surface area contributed by atoms with E-state index < -0.39 is 0 Å². The summed E-state index contributed by atoms with van der Waals surface area (Å²) in [4.78, 5) is 0. The second-order valence-electron chi connectivity index (χ2n) is 4.53. The highest BCUT2D eigenvalue weighted by molar-refractivity contribution is 5.31. The monoisotopic (exact) mass is 236 g/mol. The highest BCUT2D eigenvalue weighted by Crippen LogP contribution is 2.37. The van der Waals surface area contributed by atoms with Crippen LogP contribution in [0.1, 0.15) is 23.1 Å². The zero-order valence-corrected chi connectivity index (χ0v) is 10.2. The van der Waals surface area contributed by atoms with Crippen LogP contribution in [0.15, 0.2) is 72.8 Å². The molecule has 0 aromatic heterocycles. The Balaban J connectivity index is 1.96. The lowest BCUT2D eigenvalue weighted by Crippen LogP contribution is -2.17. The van der Waals surface area contributed by atoms with Gasteiger partial charge < -0.3 is 4.74 Å². The first kappa shape index (κ1) is 11.2. The van der Waals surface area contributed by atoms with E-state index in [2.05, 4.69) is 66.7 Å². The predicted octanol–water partition coefficient (Wildman–Crippen LogP) is 4.10. The molecule has 0 fully saturated rings. The van der Waals surface area contributed by atoms with Crippen LogP contribution in [0, 0.1) is 0 Å². The largest absolute Gasteiger partial charge is 0.369 e. The Morgan fingerprint density at radius 3 is 2.06 bits per heavy atom. The van der Waals surface area contributed by atoms with Crippen molar-refractivity contribution in [2.24, 2.45) is 0 Å². The molecule has 0 saturated carbocycles. The zero-order chi connectivity index (χ0) is 12.2. The lowest BCUT2D eigenvalue weighted by Gasteiger charge is -2.28. The maximum absolute atomic E-state index is 5.94. The first-order valence-electron chi connectivity index (χ1n) is 6.33. The van der Waals surface area contributed by atoms with Crippen molar-refractivity contribution in [2.45, 2.75) is 12.0 Å². The molecule has 1 aliphatic heterocycles. The van der Waals surface area contributed by atoms with Gasteiger partial charge in [-0.3, -0.25) is 0 Å². The molecule has 0 amide bonds. The normalized spacial score (nSPS) is 22.9. The summed E-state index contributed by atoms with van der Waals surface area (Å²) in [5, 5.41) is 0. The Kier molecular flexibility index (Phi) is 3.24. The second kappa shape index (κ2) is 5.19. The SMILES string of the molecule is C1=C[C@@H](c2ccccc2)[C@H](c2ccccc2)OC1. The average molecular weight is 236 g/mol. The van der Waals surface area contributed by atoms with Gasteiger partial charge in [0.2, 0.25) is 0 Å². The van der Waals surface area contributed by atoms with Crippen molar-refractivity contribution in [3.8, 4) is 0 Å². The molecule has 18 heavy (non-hydrogen) atoms. The van der Waals surface area contributed by atoms with Gasteiger partial charge in [-0.2, -0.15) is 0 Å². The van der Waals surface area contributed by atoms with Crippen LogP contribution in [0.4, 0.5) is 0 Å². The van der Waals surface area contributed by atoms with E-state index in [-0.39, 0.29) is 6.10 Å². The van der Waals surface area contributed by atoms with E-state index in [1.165, 1.54) is 11.1 Å². The van der Waals surface area contributed by atoms with Gasteiger partial charge in [-0.1, -0.05) is 72.8 Å². The first-order valence-corrected chi connectivity index (χ1v) is 6.33. The smallest absolute Gasteiger partial charge is 0.0932 e. The molecule has 3 rings (SSSR count). The molecule has 0 spiro atoms. The van der Waals surface area contributed by atoms with Gasteiger partial charge >= 0.3 is 0 Å². The summed E-state index contributed by atoms with van der Waals surface area (Å²) in [6.07, 6.45) is 4.49. The molecule has 0 aliphatic carbocycles. The van der Waals surface area contributed by atoms with Gasteiger partial charge in [0.05, 0.1) is 12.7 Å². The number of hydrogen-bond acceptors (Lipinski definition) is 1. The van der Waals surface area contributed by atoms with Crippen LogP contribution in [-0.2, 0) is 4.74 Å². The van der Waals surface area contributed by atoms with Crippen molar-refractivity contribution in [1.82, 2.24) is 0 Å². The minimum Gasteiger partial charge on any atom is -0.369 e. The van der Waals surface area contributed by atoms with Crippen LogP contribution in [0.2, 0.25) is 0 Å². The molecule has 0 saturated heterocycles. The minimum atomic E-state index is 0.124. The maximum atomic E-state index is 5.94. The summed E-state index contributed by atoms with van der Waals surface area (Å²) in [7, 11) is 0. The Labute approximate surface area is 108 Å². The van der Waals surface area contributed by atoms with Crippen LogP contribution in [-0.4, -0.2) is 6.61 Å². The fraction of sp³-hybridized carbons (Fsp3) is 0.176. The van der Waals surface area contributed by atoms with Gasteiger partial charge in [-0.25, -0.2) is 0 Å². The molecular weight excluding hydrogens is 220 g/mol. The van der Waals surface area contributed by atoms with Crippen molar-refractivity contribution in [1.29, 1.82) is 0 Å². The molecule has 90 valence electrons. The topological polar surface area (TPSA) is 9.23 Å². The van der Waals surface area contributed by atoms with Crippen LogP contribution in [0.3, 0.4) is 0 Å². The maximum Gasteiger partial charge on any atom is 0.0932 e. The van der Waals surface area contributed by atoms with Gasteiger partial charge in [-0.05, 0) is 11.1 Å². The van der Waals surface area contributed by atoms with Gasteiger partial charge in [0.1, 0.15) is 0 Å². The van der Waals surface area contributed by atoms with Crippen LogP contribution in [0.5, 0.6) is 0 Å². The fourth-order valence-corrected chi connectivity index (χ4v) is 2.47. The third-order valence-corrected chi connectivity index (χ3v) is 3.35. The van der Waals surface area contributed by atoms with E-state index >= 15 is 0 Å². The second-order valence-corrected chi connectivity index (χ2v) is 4.53. The van der Waals surface area contributed by atoms with Crippen molar-refractivity contribution < 1.29 is 4.74 Å². The van der Waals surface area contributed by atoms with Crippen LogP contribution in [0.25, 0.3) is 0 Å². The third kappa shape index (κ3) is 2.22. The summed E-state index contributed by atoms with van der Waals surface area (Å²) in [6.45, 7) is 0.697. The van der Waals surface area contributed by atoms with Crippen molar-refractivity contribution in [3.05, 3.63) is 83.9 Å². The van der Waals surface area contributed by atoms with Crippen LogP contribution < -0.4 is 0 Å². The molecule has 1 heterocycles. The van der Waals surface area contributed by atoms with Gasteiger partial charge in [0, 0.05) is 5.92 Å². The molecule has 0 unspecified atom stereocenters. The van der Waals surface area contributed by atoms with Gasteiger partial charge in [0.15, 0.2) is 0 Å². The molecule has 1 aliphatic rings. The Hall–Kier alpha value is -1.86. The summed E-state index contributed by atoms with van der Waals surface area (Å²) in [5.74, 6) is 0.308. The molecule has 0 bridgehead atoms. The minimum absolute atomic E-state index is 0.124. The van der Waals surface area contributed by atoms with E-state index in [0.29, 0.717) is 12.5 Å². The van der Waals surface area contributed by atoms with E-state index in [0.717, 1.165) is 0 Å². The van der Waals surface area contributed by atoms with E-state index in [4.69, 9.17) is 4.74 Å². The summed E-state index contributed by atoms with van der Waals surface area (Å²) in [6, 6.07) is 21.0. The van der Waals surface area contributed by atoms with Crippen molar-refractivity contribution >= 4 is 0 Å². The molecule has 1 nitrogen and oxygen atoms in total. The highest BCUT2D eigenvalue weighted by Gasteiger charge is 2.25. The Bertz CT molecular complexity index is 516. The lowest BCUT2D eigenvalue weighted by atomic mass is 9.87. The highest BCUT2D eigenvalue weighted by atomic mass is 16.5. The molecule has 2 aromatic carbocycles. The van der Waals surface area contributed by atoms with E-state index in [1.54, 1.807) is 0 Å². The van der Waals surface area contributed by atoms with Crippen LogP contribution >= 0.6 is 0 Å². The summed E-state index contributed by atoms with van der Waals surface area (Å²) in [5.41, 5.74) is 2.55. The fourth-order valence-electron chi connectivity index (χ4n) is 2.47. The number of rotatable bonds is 2. The van der Waals surface area contributed by atoms with E-state index in [1.807, 2.05) is 6.07 Å². The molecular formula is C17H16O. The molecule has 2 aromatic rings. The van der Waals surface area contributed by atoms with Crippen molar-refractivity contribution in [2.75, 3.05) is 6.61 Å². The summed E-state index contributed by atoms with van der Waals surface area (Å²) >= 11 is 0. The zero-order valence-electron chi connectivity index (χ0n) is 10.2. The van der Waals surface area contributed by atoms with E-state index in [9.17, 15) is 0 Å². The third-order valence-electron chi connectivity index (χ3n) is 3.35. The average Bonchev–Trinajstić information content (AvgIpc) is 2.49. The summed E-state index contributed by atoms with van der Waals surface area (Å²) < 4.78 is 5.94. The standard InChI is InChI=1S/C17H16O/c1-3-8-14(9-4-1)16-12-7-13-18-17(16)15-10-5-2-6-11-15/h1-12,16-17H,13H2/t16-,17-/m0/s1. The van der Waals surface area contributed by atoms with Gasteiger partial charge in [-0.15, -0.1) is 0 Å². The number of ether oxygens (including phenoxy) is 1. The Morgan fingerprint density at radius 1 is 0.778 bits per heavy atom. The molecule has 0 N–H and O–H groups in total. The lowest BCUT2D eigenvalue weighted by molar-refractivity contribution is 0.0536.